The Hall–Kier alpha value is -1.21. The molecule has 0 aliphatic heterocycles. The molecule has 1 aromatic rings. The highest BCUT2D eigenvalue weighted by Gasteiger charge is 2.27. The highest BCUT2D eigenvalue weighted by atomic mass is 79.9. The van der Waals surface area contributed by atoms with Crippen LogP contribution >= 0.6 is 15.9 Å². The predicted octanol–water partition coefficient (Wildman–Crippen LogP) is 1.32. The minimum atomic E-state index is -0.0488. The number of hydrogen-bond acceptors (Lipinski definition) is 5. The van der Waals surface area contributed by atoms with Gasteiger partial charge in [0, 0.05) is 32.7 Å². The molecule has 0 spiro atoms. The highest BCUT2D eigenvalue weighted by molar-refractivity contribution is 9.10. The minimum absolute atomic E-state index is 0.0488. The summed E-state index contributed by atoms with van der Waals surface area (Å²) in [6, 6.07) is 1.83. The van der Waals surface area contributed by atoms with Gasteiger partial charge in [-0.3, -0.25) is 4.79 Å². The van der Waals surface area contributed by atoms with E-state index < -0.39 is 0 Å². The van der Waals surface area contributed by atoms with Crippen LogP contribution in [0, 0.1) is 0 Å². The smallest absolute Gasteiger partial charge is 0.239 e. The number of nitrogens with one attached hydrogen (secondary N) is 1. The lowest BCUT2D eigenvalue weighted by molar-refractivity contribution is -0.119. The Labute approximate surface area is 127 Å². The van der Waals surface area contributed by atoms with Gasteiger partial charge in [0.05, 0.1) is 13.2 Å². The topological polar surface area (TPSA) is 67.3 Å². The number of nitrogens with zero attached hydrogens (tertiary/aromatic N) is 3. The average Bonchev–Trinajstić information content (AvgIpc) is 3.22. The van der Waals surface area contributed by atoms with Gasteiger partial charge in [0.15, 0.2) is 0 Å². The summed E-state index contributed by atoms with van der Waals surface area (Å²) < 4.78 is 5.65. The van der Waals surface area contributed by atoms with Gasteiger partial charge in [0.1, 0.15) is 16.2 Å². The van der Waals surface area contributed by atoms with Gasteiger partial charge in [-0.25, -0.2) is 9.97 Å². The summed E-state index contributed by atoms with van der Waals surface area (Å²) in [5.41, 5.74) is 0. The Kier molecular flexibility index (Phi) is 5.31. The Balaban J connectivity index is 1.94. The second-order valence-electron chi connectivity index (χ2n) is 4.88. The largest absolute Gasteiger partial charge is 0.383 e. The number of anilines is 1. The van der Waals surface area contributed by atoms with Gasteiger partial charge in [0.25, 0.3) is 0 Å². The molecule has 1 aliphatic carbocycles. The molecule has 110 valence electrons. The molecule has 1 N–H and O–H groups in total. The molecule has 1 amide bonds. The molecule has 0 unspecified atom stereocenters. The molecule has 7 heteroatoms. The summed E-state index contributed by atoms with van der Waals surface area (Å²) in [6.45, 7) is 1.29. The second kappa shape index (κ2) is 6.99. The van der Waals surface area contributed by atoms with Crippen molar-refractivity contribution in [1.82, 2.24) is 15.3 Å². The van der Waals surface area contributed by atoms with Gasteiger partial charge in [-0.15, -0.1) is 0 Å². The van der Waals surface area contributed by atoms with Crippen molar-refractivity contribution in [2.45, 2.75) is 18.8 Å². The monoisotopic (exact) mass is 342 g/mol. The van der Waals surface area contributed by atoms with Crippen molar-refractivity contribution in [1.29, 1.82) is 0 Å². The average molecular weight is 343 g/mol. The standard InChI is InChI=1S/C13H19BrN4O2/c1-18(8-12(19)15-5-6-20-2)11-7-10(14)16-13(17-11)9-3-4-9/h7,9H,3-6,8H2,1-2H3,(H,15,19). The van der Waals surface area contributed by atoms with E-state index in [9.17, 15) is 4.79 Å². The fourth-order valence-corrected chi connectivity index (χ4v) is 2.17. The normalized spacial score (nSPS) is 14.2. The number of ether oxygens (including phenoxy) is 1. The van der Waals surface area contributed by atoms with Gasteiger partial charge < -0.3 is 15.0 Å². The Morgan fingerprint density at radius 2 is 2.30 bits per heavy atom. The van der Waals surface area contributed by atoms with Gasteiger partial charge in [0.2, 0.25) is 5.91 Å². The van der Waals surface area contributed by atoms with E-state index >= 15 is 0 Å². The van der Waals surface area contributed by atoms with Crippen molar-refractivity contribution in [2.24, 2.45) is 0 Å². The van der Waals surface area contributed by atoms with Gasteiger partial charge in [-0.1, -0.05) is 0 Å². The number of halogens is 1. The first kappa shape index (κ1) is 15.2. The number of rotatable bonds is 7. The van der Waals surface area contributed by atoms with Crippen LogP contribution in [0.15, 0.2) is 10.7 Å². The quantitative estimate of drug-likeness (QED) is 0.597. The predicted molar refractivity (Wildman–Crippen MR) is 79.9 cm³/mol. The van der Waals surface area contributed by atoms with E-state index in [1.165, 1.54) is 0 Å². The Morgan fingerprint density at radius 1 is 1.55 bits per heavy atom. The number of carbonyl (C=O) groups is 1. The van der Waals surface area contributed by atoms with Crippen LogP contribution in [0.3, 0.4) is 0 Å². The molecule has 2 rings (SSSR count). The summed E-state index contributed by atoms with van der Waals surface area (Å²) in [7, 11) is 3.46. The number of hydrogen-bond donors (Lipinski definition) is 1. The molecule has 0 saturated heterocycles. The molecule has 1 aromatic heterocycles. The van der Waals surface area contributed by atoms with Crippen molar-refractivity contribution in [3.05, 3.63) is 16.5 Å². The minimum Gasteiger partial charge on any atom is -0.383 e. The molecule has 0 atom stereocenters. The molecule has 6 nitrogen and oxygen atoms in total. The maximum absolute atomic E-state index is 11.8. The first-order chi connectivity index (χ1) is 9.60. The van der Waals surface area contributed by atoms with Crippen LogP contribution in [0.1, 0.15) is 24.6 Å². The van der Waals surface area contributed by atoms with E-state index in [1.807, 2.05) is 18.0 Å². The van der Waals surface area contributed by atoms with Crippen molar-refractivity contribution in [3.63, 3.8) is 0 Å². The number of amides is 1. The van der Waals surface area contributed by atoms with E-state index in [-0.39, 0.29) is 12.5 Å². The highest BCUT2D eigenvalue weighted by Crippen LogP contribution is 2.39. The molecule has 1 heterocycles. The van der Waals surface area contributed by atoms with Crippen molar-refractivity contribution < 1.29 is 9.53 Å². The molecule has 0 aromatic carbocycles. The lowest BCUT2D eigenvalue weighted by Crippen LogP contribution is -2.37. The summed E-state index contributed by atoms with van der Waals surface area (Å²) in [6.07, 6.45) is 2.30. The van der Waals surface area contributed by atoms with Crippen LogP contribution in [0.5, 0.6) is 0 Å². The fraction of sp³-hybridized carbons (Fsp3) is 0.615. The molecule has 0 bridgehead atoms. The summed E-state index contributed by atoms with van der Waals surface area (Å²) in [4.78, 5) is 22.5. The van der Waals surface area contributed by atoms with Crippen molar-refractivity contribution >= 4 is 27.7 Å². The van der Waals surface area contributed by atoms with Crippen molar-refractivity contribution in [2.75, 3.05) is 38.8 Å². The molecule has 1 fully saturated rings. The zero-order chi connectivity index (χ0) is 14.5. The zero-order valence-electron chi connectivity index (χ0n) is 11.7. The lowest BCUT2D eigenvalue weighted by Gasteiger charge is -2.18. The van der Waals surface area contributed by atoms with Crippen LogP contribution < -0.4 is 10.2 Å². The maximum atomic E-state index is 11.8. The van der Waals surface area contributed by atoms with Crippen LogP contribution in [-0.4, -0.2) is 49.7 Å². The number of likely N-dealkylation sites (N-methyl/N-ethyl adjacent to an activating group) is 1. The van der Waals surface area contributed by atoms with E-state index in [0.717, 1.165) is 29.1 Å². The van der Waals surface area contributed by atoms with Gasteiger partial charge in [-0.05, 0) is 28.8 Å². The number of carbonyl (C=O) groups excluding carboxylic acids is 1. The van der Waals surface area contributed by atoms with E-state index in [0.29, 0.717) is 19.1 Å². The van der Waals surface area contributed by atoms with Crippen LogP contribution in [0.4, 0.5) is 5.82 Å². The first-order valence-corrected chi connectivity index (χ1v) is 7.40. The summed E-state index contributed by atoms with van der Waals surface area (Å²) >= 11 is 3.40. The van der Waals surface area contributed by atoms with Gasteiger partial charge in [-0.2, -0.15) is 0 Å². The van der Waals surface area contributed by atoms with Crippen molar-refractivity contribution in [3.8, 4) is 0 Å². The fourth-order valence-electron chi connectivity index (χ4n) is 1.79. The molecular weight excluding hydrogens is 324 g/mol. The molecule has 1 saturated carbocycles. The maximum Gasteiger partial charge on any atom is 0.239 e. The number of methoxy groups -OCH3 is 1. The first-order valence-electron chi connectivity index (χ1n) is 6.61. The SMILES string of the molecule is COCCNC(=O)CN(C)c1cc(Br)nc(C2CC2)n1. The third kappa shape index (κ3) is 4.42. The van der Waals surface area contributed by atoms with Crippen LogP contribution in [0.25, 0.3) is 0 Å². The van der Waals surface area contributed by atoms with Gasteiger partial charge >= 0.3 is 0 Å². The Bertz CT molecular complexity index is 479. The zero-order valence-corrected chi connectivity index (χ0v) is 13.3. The Morgan fingerprint density at radius 3 is 2.95 bits per heavy atom. The summed E-state index contributed by atoms with van der Waals surface area (Å²) in [5.74, 6) is 2.05. The summed E-state index contributed by atoms with van der Waals surface area (Å²) in [5, 5.41) is 2.79. The molecular formula is C13H19BrN4O2. The van der Waals surface area contributed by atoms with Crippen LogP contribution in [0.2, 0.25) is 0 Å². The molecule has 0 radical (unpaired) electrons. The second-order valence-corrected chi connectivity index (χ2v) is 5.69. The number of aromatic nitrogens is 2. The third-order valence-corrected chi connectivity index (χ3v) is 3.45. The van der Waals surface area contributed by atoms with Crippen LogP contribution in [-0.2, 0) is 9.53 Å². The van der Waals surface area contributed by atoms with E-state index in [4.69, 9.17) is 4.74 Å². The molecule has 1 aliphatic rings. The third-order valence-electron chi connectivity index (χ3n) is 3.04. The lowest BCUT2D eigenvalue weighted by atomic mass is 10.4. The molecule has 20 heavy (non-hydrogen) atoms. The van der Waals surface area contributed by atoms with E-state index in [2.05, 4.69) is 31.2 Å². The van der Waals surface area contributed by atoms with E-state index in [1.54, 1.807) is 7.11 Å².